The highest BCUT2D eigenvalue weighted by Gasteiger charge is 2.55. The van der Waals surface area contributed by atoms with Gasteiger partial charge in [-0.1, -0.05) is 13.8 Å². The first-order valence-electron chi connectivity index (χ1n) is 4.79. The maximum absolute atomic E-state index is 5.65. The fraction of sp³-hybridized carbons (Fsp3) is 1.00. The molecule has 0 aromatic carbocycles. The van der Waals surface area contributed by atoms with E-state index in [-0.39, 0.29) is 0 Å². The molecule has 3 atom stereocenters. The van der Waals surface area contributed by atoms with Crippen molar-refractivity contribution >= 4 is 0 Å². The van der Waals surface area contributed by atoms with Crippen molar-refractivity contribution in [1.29, 1.82) is 0 Å². The van der Waals surface area contributed by atoms with Gasteiger partial charge in [0, 0.05) is 0 Å². The monoisotopic (exact) mass is 154 g/mol. The highest BCUT2D eigenvalue weighted by molar-refractivity contribution is 5.03. The van der Waals surface area contributed by atoms with Gasteiger partial charge in [0.2, 0.25) is 0 Å². The molecule has 0 aromatic rings. The Bertz CT molecular complexity index is 164. The standard InChI is InChI=1S/C10H18O/c1-7(2)8-4-5-10(3)9(6-8)11-10/h7-9H,4-6H2,1-3H3/t8-,9?,10?/m0/s1. The van der Waals surface area contributed by atoms with E-state index in [0.29, 0.717) is 11.7 Å². The molecule has 2 fully saturated rings. The third kappa shape index (κ3) is 1.20. The number of rotatable bonds is 1. The Kier molecular flexibility index (Phi) is 1.54. The second-order valence-electron chi connectivity index (χ2n) is 4.70. The van der Waals surface area contributed by atoms with Crippen LogP contribution in [0.3, 0.4) is 0 Å². The number of hydrogen-bond donors (Lipinski definition) is 0. The molecule has 0 bridgehead atoms. The summed E-state index contributed by atoms with van der Waals surface area (Å²) in [5.41, 5.74) is 0.311. The van der Waals surface area contributed by atoms with E-state index < -0.39 is 0 Å². The zero-order valence-electron chi connectivity index (χ0n) is 7.76. The Morgan fingerprint density at radius 2 is 2.18 bits per heavy atom. The molecule has 0 aromatic heterocycles. The van der Waals surface area contributed by atoms with Crippen molar-refractivity contribution < 1.29 is 4.74 Å². The van der Waals surface area contributed by atoms with Crippen LogP contribution < -0.4 is 0 Å². The summed E-state index contributed by atoms with van der Waals surface area (Å²) in [4.78, 5) is 0. The van der Waals surface area contributed by atoms with Crippen molar-refractivity contribution in [3.05, 3.63) is 0 Å². The predicted octanol–water partition coefficient (Wildman–Crippen LogP) is 2.60. The Labute approximate surface area is 69.1 Å². The second-order valence-corrected chi connectivity index (χ2v) is 4.70. The molecule has 1 heteroatoms. The van der Waals surface area contributed by atoms with E-state index in [4.69, 9.17) is 4.74 Å². The van der Waals surface area contributed by atoms with Gasteiger partial charge in [-0.3, -0.25) is 0 Å². The number of ether oxygens (including phenoxy) is 1. The van der Waals surface area contributed by atoms with Crippen LogP contribution >= 0.6 is 0 Å². The first-order chi connectivity index (χ1) is 5.12. The highest BCUT2D eigenvalue weighted by Crippen LogP contribution is 2.50. The van der Waals surface area contributed by atoms with Crippen LogP contribution in [0.2, 0.25) is 0 Å². The fourth-order valence-electron chi connectivity index (χ4n) is 2.28. The first kappa shape index (κ1) is 7.60. The minimum absolute atomic E-state index is 0.311. The minimum Gasteiger partial charge on any atom is -0.366 e. The highest BCUT2D eigenvalue weighted by atomic mass is 16.6. The largest absolute Gasteiger partial charge is 0.366 e. The van der Waals surface area contributed by atoms with Crippen LogP contribution in [0.1, 0.15) is 40.0 Å². The Hall–Kier alpha value is -0.0400. The second kappa shape index (κ2) is 2.22. The molecule has 2 unspecified atom stereocenters. The van der Waals surface area contributed by atoms with Gasteiger partial charge in [0.05, 0.1) is 11.7 Å². The lowest BCUT2D eigenvalue weighted by Gasteiger charge is -2.25. The third-order valence-corrected chi connectivity index (χ3v) is 3.51. The van der Waals surface area contributed by atoms with Gasteiger partial charge in [0.25, 0.3) is 0 Å². The van der Waals surface area contributed by atoms with Crippen molar-refractivity contribution in [2.75, 3.05) is 0 Å². The van der Waals surface area contributed by atoms with Crippen LogP contribution in [0.25, 0.3) is 0 Å². The summed E-state index contributed by atoms with van der Waals surface area (Å²) in [6.45, 7) is 6.92. The van der Waals surface area contributed by atoms with E-state index in [1.807, 2.05) is 0 Å². The van der Waals surface area contributed by atoms with Crippen LogP contribution in [0.4, 0.5) is 0 Å². The molecule has 0 amide bonds. The molecule has 0 radical (unpaired) electrons. The van der Waals surface area contributed by atoms with Crippen LogP contribution in [0.5, 0.6) is 0 Å². The van der Waals surface area contributed by atoms with Gasteiger partial charge in [-0.2, -0.15) is 0 Å². The molecular formula is C10H18O. The smallest absolute Gasteiger partial charge is 0.0920 e. The molecule has 1 saturated carbocycles. The van der Waals surface area contributed by atoms with Crippen LogP contribution in [0.15, 0.2) is 0 Å². The Balaban J connectivity index is 1.93. The number of epoxide rings is 1. The average molecular weight is 154 g/mol. The lowest BCUT2D eigenvalue weighted by molar-refractivity contribution is 0.275. The van der Waals surface area contributed by atoms with Crippen molar-refractivity contribution in [3.8, 4) is 0 Å². The van der Waals surface area contributed by atoms with Crippen molar-refractivity contribution in [2.24, 2.45) is 11.8 Å². The van der Waals surface area contributed by atoms with Gasteiger partial charge < -0.3 is 4.74 Å². The van der Waals surface area contributed by atoms with Crippen molar-refractivity contribution in [2.45, 2.75) is 51.7 Å². The topological polar surface area (TPSA) is 12.5 Å². The zero-order valence-corrected chi connectivity index (χ0v) is 7.76. The van der Waals surface area contributed by atoms with Gasteiger partial charge in [-0.15, -0.1) is 0 Å². The molecular weight excluding hydrogens is 136 g/mol. The SMILES string of the molecule is CC(C)[C@H]1CCC2(C)OC2C1. The molecule has 2 rings (SSSR count). The van der Waals surface area contributed by atoms with Gasteiger partial charge in [0.15, 0.2) is 0 Å². The Morgan fingerprint density at radius 1 is 1.45 bits per heavy atom. The number of fused-ring (bicyclic) bond motifs is 1. The molecule has 1 aliphatic carbocycles. The van der Waals surface area contributed by atoms with E-state index >= 15 is 0 Å². The minimum atomic E-state index is 0.311. The molecule has 1 saturated heterocycles. The first-order valence-corrected chi connectivity index (χ1v) is 4.79. The maximum atomic E-state index is 5.65. The van der Waals surface area contributed by atoms with Crippen LogP contribution in [-0.2, 0) is 4.74 Å². The normalized spacial score (nSPS) is 49.1. The van der Waals surface area contributed by atoms with Gasteiger partial charge >= 0.3 is 0 Å². The van der Waals surface area contributed by atoms with E-state index in [2.05, 4.69) is 20.8 Å². The maximum Gasteiger partial charge on any atom is 0.0920 e. The molecule has 1 nitrogen and oxygen atoms in total. The molecule has 1 aliphatic heterocycles. The molecule has 0 N–H and O–H groups in total. The summed E-state index contributed by atoms with van der Waals surface area (Å²) in [6.07, 6.45) is 4.60. The van der Waals surface area contributed by atoms with Crippen molar-refractivity contribution in [3.63, 3.8) is 0 Å². The summed E-state index contributed by atoms with van der Waals surface area (Å²) in [7, 11) is 0. The number of hydrogen-bond acceptors (Lipinski definition) is 1. The van der Waals surface area contributed by atoms with E-state index in [1.54, 1.807) is 0 Å². The van der Waals surface area contributed by atoms with Gasteiger partial charge in [0.1, 0.15) is 0 Å². The summed E-state index contributed by atoms with van der Waals surface area (Å²) in [5, 5.41) is 0. The summed E-state index contributed by atoms with van der Waals surface area (Å²) >= 11 is 0. The lowest BCUT2D eigenvalue weighted by Crippen LogP contribution is -2.24. The predicted molar refractivity (Wildman–Crippen MR) is 45.5 cm³/mol. The lowest BCUT2D eigenvalue weighted by atomic mass is 9.78. The molecule has 11 heavy (non-hydrogen) atoms. The molecule has 2 aliphatic rings. The molecule has 64 valence electrons. The van der Waals surface area contributed by atoms with E-state index in [1.165, 1.54) is 19.3 Å². The van der Waals surface area contributed by atoms with Crippen LogP contribution in [-0.4, -0.2) is 11.7 Å². The third-order valence-electron chi connectivity index (χ3n) is 3.51. The average Bonchev–Trinajstić information content (AvgIpc) is 2.58. The Morgan fingerprint density at radius 3 is 2.73 bits per heavy atom. The summed E-state index contributed by atoms with van der Waals surface area (Å²) in [6, 6.07) is 0. The van der Waals surface area contributed by atoms with Gasteiger partial charge in [-0.25, -0.2) is 0 Å². The van der Waals surface area contributed by atoms with Crippen molar-refractivity contribution in [1.82, 2.24) is 0 Å². The summed E-state index contributed by atoms with van der Waals surface area (Å²) in [5.74, 6) is 1.78. The quantitative estimate of drug-likeness (QED) is 0.529. The molecule has 0 spiro atoms. The van der Waals surface area contributed by atoms with E-state index in [0.717, 1.165) is 11.8 Å². The van der Waals surface area contributed by atoms with E-state index in [9.17, 15) is 0 Å². The fourth-order valence-corrected chi connectivity index (χ4v) is 2.28. The zero-order chi connectivity index (χ0) is 8.06. The molecule has 1 heterocycles. The van der Waals surface area contributed by atoms with Crippen LogP contribution in [0, 0.1) is 11.8 Å². The van der Waals surface area contributed by atoms with Gasteiger partial charge in [-0.05, 0) is 38.0 Å². The summed E-state index contributed by atoms with van der Waals surface area (Å²) < 4.78 is 5.65.